The van der Waals surface area contributed by atoms with Gasteiger partial charge in [0.05, 0.1) is 6.54 Å². The minimum atomic E-state index is -0.387. The molecule has 3 rings (SSSR count). The minimum absolute atomic E-state index is 0.0172. The standard InChI is InChI=1S/C14H13BrN2O3S/c15-12-2-1-10(20-12)14(19)16-7-13(18)17-5-3-11-9(8-17)4-6-21-11/h1-2,4,6H,3,5,7-8H2,(H,16,19). The highest BCUT2D eigenvalue weighted by Gasteiger charge is 2.22. The smallest absolute Gasteiger partial charge is 0.287 e. The summed E-state index contributed by atoms with van der Waals surface area (Å²) in [6, 6.07) is 5.25. The number of nitrogens with one attached hydrogen (secondary N) is 1. The lowest BCUT2D eigenvalue weighted by Crippen LogP contribution is -2.42. The summed E-state index contributed by atoms with van der Waals surface area (Å²) >= 11 is 4.87. The molecule has 2 aromatic rings. The van der Waals surface area contributed by atoms with E-state index in [1.165, 1.54) is 10.4 Å². The zero-order valence-electron chi connectivity index (χ0n) is 11.1. The van der Waals surface area contributed by atoms with Gasteiger partial charge < -0.3 is 14.6 Å². The third-order valence-electron chi connectivity index (χ3n) is 3.36. The van der Waals surface area contributed by atoms with Crippen LogP contribution in [0.2, 0.25) is 0 Å². The van der Waals surface area contributed by atoms with E-state index in [0.29, 0.717) is 17.8 Å². The molecule has 0 bridgehead atoms. The molecule has 110 valence electrons. The first-order chi connectivity index (χ1) is 10.1. The lowest BCUT2D eigenvalue weighted by molar-refractivity contribution is -0.131. The van der Waals surface area contributed by atoms with Crippen molar-refractivity contribution in [3.8, 4) is 0 Å². The van der Waals surface area contributed by atoms with Crippen molar-refractivity contribution in [1.82, 2.24) is 10.2 Å². The van der Waals surface area contributed by atoms with E-state index in [9.17, 15) is 9.59 Å². The van der Waals surface area contributed by atoms with Gasteiger partial charge in [0, 0.05) is 18.0 Å². The summed E-state index contributed by atoms with van der Waals surface area (Å²) in [6.45, 7) is 1.31. The molecule has 0 unspecified atom stereocenters. The van der Waals surface area contributed by atoms with Gasteiger partial charge in [0.25, 0.3) is 5.91 Å². The third-order valence-corrected chi connectivity index (χ3v) is 4.81. The second-order valence-electron chi connectivity index (χ2n) is 4.72. The highest BCUT2D eigenvalue weighted by atomic mass is 79.9. The Bertz CT molecular complexity index is 679. The molecule has 0 fully saturated rings. The molecule has 0 aliphatic carbocycles. The summed E-state index contributed by atoms with van der Waals surface area (Å²) in [7, 11) is 0. The molecule has 0 saturated heterocycles. The molecular formula is C14H13BrN2O3S. The monoisotopic (exact) mass is 368 g/mol. The molecule has 0 aromatic carbocycles. The molecule has 7 heteroatoms. The maximum absolute atomic E-state index is 12.1. The number of fused-ring (bicyclic) bond motifs is 1. The molecule has 0 radical (unpaired) electrons. The van der Waals surface area contributed by atoms with Crippen LogP contribution in [-0.2, 0) is 17.8 Å². The maximum Gasteiger partial charge on any atom is 0.287 e. The van der Waals surface area contributed by atoms with E-state index in [-0.39, 0.29) is 24.1 Å². The molecule has 0 saturated carbocycles. The van der Waals surface area contributed by atoms with Crippen molar-refractivity contribution in [2.24, 2.45) is 0 Å². The fourth-order valence-electron chi connectivity index (χ4n) is 2.25. The first kappa shape index (κ1) is 14.3. The Labute approximate surface area is 134 Å². The molecule has 3 heterocycles. The molecule has 5 nitrogen and oxygen atoms in total. The number of nitrogens with zero attached hydrogens (tertiary/aromatic N) is 1. The van der Waals surface area contributed by atoms with Gasteiger partial charge in [-0.25, -0.2) is 0 Å². The van der Waals surface area contributed by atoms with Crippen molar-refractivity contribution in [1.29, 1.82) is 0 Å². The average Bonchev–Trinajstić information content (AvgIpc) is 3.12. The number of furan rings is 1. The Kier molecular flexibility index (Phi) is 4.12. The molecule has 1 aliphatic rings. The number of rotatable bonds is 3. The van der Waals surface area contributed by atoms with E-state index in [0.717, 1.165) is 6.42 Å². The topological polar surface area (TPSA) is 62.6 Å². The lowest BCUT2D eigenvalue weighted by Gasteiger charge is -2.27. The molecule has 2 aromatic heterocycles. The van der Waals surface area contributed by atoms with Crippen LogP contribution in [0.4, 0.5) is 0 Å². The van der Waals surface area contributed by atoms with Crippen molar-refractivity contribution in [2.45, 2.75) is 13.0 Å². The van der Waals surface area contributed by atoms with E-state index in [4.69, 9.17) is 4.42 Å². The van der Waals surface area contributed by atoms with Gasteiger partial charge in [0.15, 0.2) is 10.4 Å². The molecule has 1 aliphatic heterocycles. The zero-order chi connectivity index (χ0) is 14.8. The Morgan fingerprint density at radius 2 is 2.24 bits per heavy atom. The normalized spacial score (nSPS) is 13.9. The summed E-state index contributed by atoms with van der Waals surface area (Å²) in [6.07, 6.45) is 0.887. The number of thiophene rings is 1. The van der Waals surface area contributed by atoms with Crippen molar-refractivity contribution >= 4 is 39.1 Å². The number of carbonyl (C=O) groups excluding carboxylic acids is 2. The minimum Gasteiger partial charge on any atom is -0.444 e. The van der Waals surface area contributed by atoms with Crippen LogP contribution in [0, 0.1) is 0 Å². The van der Waals surface area contributed by atoms with Crippen LogP contribution in [0.5, 0.6) is 0 Å². The Hall–Kier alpha value is -1.60. The van der Waals surface area contributed by atoms with Gasteiger partial charge in [-0.3, -0.25) is 9.59 Å². The van der Waals surface area contributed by atoms with Gasteiger partial charge in [0.2, 0.25) is 5.91 Å². The maximum atomic E-state index is 12.1. The number of hydrogen-bond donors (Lipinski definition) is 1. The zero-order valence-corrected chi connectivity index (χ0v) is 13.5. The summed E-state index contributed by atoms with van der Waals surface area (Å²) in [5, 5.41) is 4.64. The lowest BCUT2D eigenvalue weighted by atomic mass is 10.1. The van der Waals surface area contributed by atoms with Gasteiger partial charge in [-0.2, -0.15) is 0 Å². The quantitative estimate of drug-likeness (QED) is 0.904. The average molecular weight is 369 g/mol. The predicted octanol–water partition coefficient (Wildman–Crippen LogP) is 2.42. The number of amides is 2. The molecule has 0 atom stereocenters. The Morgan fingerprint density at radius 1 is 1.38 bits per heavy atom. The van der Waals surface area contributed by atoms with Crippen LogP contribution in [0.1, 0.15) is 21.0 Å². The fourth-order valence-corrected chi connectivity index (χ4v) is 3.45. The number of halogens is 1. The highest BCUT2D eigenvalue weighted by molar-refractivity contribution is 9.10. The largest absolute Gasteiger partial charge is 0.444 e. The van der Waals surface area contributed by atoms with Gasteiger partial charge in [-0.15, -0.1) is 11.3 Å². The highest BCUT2D eigenvalue weighted by Crippen LogP contribution is 2.23. The van der Waals surface area contributed by atoms with Crippen LogP contribution in [0.25, 0.3) is 0 Å². The summed E-state index contributed by atoms with van der Waals surface area (Å²) in [4.78, 5) is 27.1. The van der Waals surface area contributed by atoms with Crippen LogP contribution in [-0.4, -0.2) is 29.8 Å². The van der Waals surface area contributed by atoms with Crippen molar-refractivity contribution in [3.05, 3.63) is 44.4 Å². The SMILES string of the molecule is O=C(NCC(=O)N1CCc2sccc2C1)c1ccc(Br)o1. The van der Waals surface area contributed by atoms with Gasteiger partial charge >= 0.3 is 0 Å². The number of carbonyl (C=O) groups is 2. The van der Waals surface area contributed by atoms with Crippen LogP contribution in [0.3, 0.4) is 0 Å². The second-order valence-corrected chi connectivity index (χ2v) is 6.50. The van der Waals surface area contributed by atoms with Crippen molar-refractivity contribution in [2.75, 3.05) is 13.1 Å². The van der Waals surface area contributed by atoms with E-state index in [2.05, 4.69) is 32.7 Å². The first-order valence-electron chi connectivity index (χ1n) is 6.50. The third kappa shape index (κ3) is 3.19. The van der Waals surface area contributed by atoms with Crippen LogP contribution < -0.4 is 5.32 Å². The Morgan fingerprint density at radius 3 is 3.00 bits per heavy atom. The predicted molar refractivity (Wildman–Crippen MR) is 82.2 cm³/mol. The summed E-state index contributed by atoms with van der Waals surface area (Å²) in [5.41, 5.74) is 1.21. The molecular weight excluding hydrogens is 356 g/mol. The molecule has 0 spiro atoms. The first-order valence-corrected chi connectivity index (χ1v) is 8.17. The van der Waals surface area contributed by atoms with E-state index >= 15 is 0 Å². The second kappa shape index (κ2) is 6.03. The van der Waals surface area contributed by atoms with E-state index < -0.39 is 0 Å². The van der Waals surface area contributed by atoms with Gasteiger partial charge in [-0.05, 0) is 51.5 Å². The molecule has 2 amide bonds. The Balaban J connectivity index is 1.54. The summed E-state index contributed by atoms with van der Waals surface area (Å²) < 4.78 is 5.63. The summed E-state index contributed by atoms with van der Waals surface area (Å²) in [5.74, 6) is -0.276. The van der Waals surface area contributed by atoms with E-state index in [1.807, 2.05) is 0 Å². The van der Waals surface area contributed by atoms with Gasteiger partial charge in [-0.1, -0.05) is 0 Å². The van der Waals surface area contributed by atoms with Crippen LogP contribution in [0.15, 0.2) is 32.7 Å². The van der Waals surface area contributed by atoms with Crippen molar-refractivity contribution in [3.63, 3.8) is 0 Å². The molecule has 21 heavy (non-hydrogen) atoms. The van der Waals surface area contributed by atoms with E-state index in [1.54, 1.807) is 28.4 Å². The van der Waals surface area contributed by atoms with Crippen molar-refractivity contribution < 1.29 is 14.0 Å². The fraction of sp³-hybridized carbons (Fsp3) is 0.286. The van der Waals surface area contributed by atoms with Crippen LogP contribution >= 0.6 is 27.3 Å². The number of hydrogen-bond acceptors (Lipinski definition) is 4. The van der Waals surface area contributed by atoms with Gasteiger partial charge in [0.1, 0.15) is 0 Å². The molecule has 1 N–H and O–H groups in total.